The van der Waals surface area contributed by atoms with Gasteiger partial charge in [-0.25, -0.2) is 8.42 Å². The Morgan fingerprint density at radius 3 is 2.29 bits per heavy atom. The number of hydrogen-bond acceptors (Lipinski definition) is 4. The van der Waals surface area contributed by atoms with E-state index in [9.17, 15) is 13.5 Å². The second kappa shape index (κ2) is 5.62. The van der Waals surface area contributed by atoms with Crippen LogP contribution in [0.5, 0.6) is 0 Å². The molecule has 0 amide bonds. The lowest BCUT2D eigenvalue weighted by Gasteiger charge is -2.23. The third-order valence-electron chi connectivity index (χ3n) is 3.02. The van der Waals surface area contributed by atoms with Crippen LogP contribution in [0.3, 0.4) is 0 Å². The fraction of sp³-hybridized carbons (Fsp3) is 0.500. The third-order valence-corrected chi connectivity index (χ3v) is 4.90. The van der Waals surface area contributed by atoms with Crippen LogP contribution >= 0.6 is 0 Å². The molecule has 1 aromatic carbocycles. The monoisotopic (exact) mass is 257 g/mol. The lowest BCUT2D eigenvalue weighted by molar-refractivity contribution is 0.186. The molecule has 0 aromatic heterocycles. The molecule has 4 nitrogen and oxygen atoms in total. The highest BCUT2D eigenvalue weighted by Crippen LogP contribution is 2.20. The molecular formula is C12H19NO3S. The molecule has 1 aromatic rings. The quantitative estimate of drug-likeness (QED) is 0.829. The van der Waals surface area contributed by atoms with Crippen LogP contribution in [0.15, 0.2) is 35.2 Å². The molecule has 1 unspecified atom stereocenters. The summed E-state index contributed by atoms with van der Waals surface area (Å²) in [6, 6.07) is 7.11. The molecule has 3 N–H and O–H groups in total. The van der Waals surface area contributed by atoms with Crippen LogP contribution in [0.25, 0.3) is 0 Å². The lowest BCUT2D eigenvalue weighted by atomic mass is 10.0. The van der Waals surface area contributed by atoms with Crippen molar-refractivity contribution in [3.8, 4) is 0 Å². The zero-order valence-corrected chi connectivity index (χ0v) is 10.9. The van der Waals surface area contributed by atoms with Gasteiger partial charge in [-0.05, 0) is 18.1 Å². The molecule has 0 aliphatic carbocycles. The number of benzene rings is 1. The van der Waals surface area contributed by atoms with Crippen LogP contribution in [0.4, 0.5) is 0 Å². The molecule has 1 rings (SSSR count). The molecule has 0 bridgehead atoms. The Balaban J connectivity index is 3.00. The lowest BCUT2D eigenvalue weighted by Crippen LogP contribution is -2.44. The maximum atomic E-state index is 12.1. The zero-order chi connectivity index (χ0) is 13.1. The van der Waals surface area contributed by atoms with Crippen molar-refractivity contribution >= 4 is 9.84 Å². The second-order valence-electron chi connectivity index (χ2n) is 4.21. The fourth-order valence-electron chi connectivity index (χ4n) is 1.51. The highest BCUT2D eigenvalue weighted by atomic mass is 32.2. The van der Waals surface area contributed by atoms with Crippen molar-refractivity contribution in [2.45, 2.75) is 36.6 Å². The predicted molar refractivity (Wildman–Crippen MR) is 67.1 cm³/mol. The van der Waals surface area contributed by atoms with E-state index in [-0.39, 0.29) is 10.8 Å². The zero-order valence-electron chi connectivity index (χ0n) is 10.1. The molecule has 0 radical (unpaired) electrons. The van der Waals surface area contributed by atoms with Gasteiger partial charge in [-0.15, -0.1) is 0 Å². The Hall–Kier alpha value is -0.910. The van der Waals surface area contributed by atoms with Crippen LogP contribution in [-0.4, -0.2) is 25.0 Å². The van der Waals surface area contributed by atoms with Gasteiger partial charge in [-0.3, -0.25) is 0 Å². The van der Waals surface area contributed by atoms with E-state index in [0.29, 0.717) is 0 Å². The van der Waals surface area contributed by atoms with Gasteiger partial charge in [0.05, 0.1) is 4.90 Å². The topological polar surface area (TPSA) is 80.4 Å². The summed E-state index contributed by atoms with van der Waals surface area (Å²) in [5, 5.41) is 9.89. The van der Waals surface area contributed by atoms with Gasteiger partial charge in [-0.2, -0.15) is 0 Å². The largest absolute Gasteiger partial charge is 0.375 e. The third kappa shape index (κ3) is 3.06. The van der Waals surface area contributed by atoms with E-state index in [2.05, 4.69) is 0 Å². The van der Waals surface area contributed by atoms with E-state index >= 15 is 0 Å². The Kier molecular flexibility index (Phi) is 4.68. The van der Waals surface area contributed by atoms with E-state index in [4.69, 9.17) is 5.73 Å². The molecule has 0 aliphatic heterocycles. The van der Waals surface area contributed by atoms with E-state index in [1.165, 1.54) is 12.1 Å². The van der Waals surface area contributed by atoms with Crippen molar-refractivity contribution in [2.24, 2.45) is 11.7 Å². The molecule has 0 spiro atoms. The van der Waals surface area contributed by atoms with Gasteiger partial charge in [0.1, 0.15) is 0 Å². The molecule has 17 heavy (non-hydrogen) atoms. The predicted octanol–water partition coefficient (Wildman–Crippen LogP) is 1.15. The molecule has 0 saturated carbocycles. The van der Waals surface area contributed by atoms with Crippen LogP contribution < -0.4 is 5.73 Å². The van der Waals surface area contributed by atoms with Crippen molar-refractivity contribution in [3.05, 3.63) is 30.3 Å². The first-order valence-electron chi connectivity index (χ1n) is 5.63. The van der Waals surface area contributed by atoms with Gasteiger partial charge in [0, 0.05) is 6.04 Å². The minimum Gasteiger partial charge on any atom is -0.375 e. The van der Waals surface area contributed by atoms with Gasteiger partial charge >= 0.3 is 0 Å². The van der Waals surface area contributed by atoms with Crippen molar-refractivity contribution in [2.75, 3.05) is 0 Å². The van der Waals surface area contributed by atoms with Crippen molar-refractivity contribution in [3.63, 3.8) is 0 Å². The first-order valence-corrected chi connectivity index (χ1v) is 7.18. The highest BCUT2D eigenvalue weighted by molar-refractivity contribution is 7.92. The van der Waals surface area contributed by atoms with Crippen molar-refractivity contribution in [1.29, 1.82) is 0 Å². The van der Waals surface area contributed by atoms with E-state index in [1.807, 2.05) is 13.8 Å². The Bertz CT molecular complexity index is 444. The smallest absolute Gasteiger partial charge is 0.206 e. The van der Waals surface area contributed by atoms with E-state index in [0.717, 1.165) is 6.42 Å². The standard InChI is InChI=1S/C12H19NO3S/c1-3-9(2)11(13)12(14)17(15,16)10-7-5-4-6-8-10/h4-9,11-12,14H,3,13H2,1-2H3/t9-,11-,12?/m0/s1. The summed E-state index contributed by atoms with van der Waals surface area (Å²) >= 11 is 0. The average Bonchev–Trinajstić information content (AvgIpc) is 2.37. The van der Waals surface area contributed by atoms with Gasteiger partial charge in [0.15, 0.2) is 5.44 Å². The highest BCUT2D eigenvalue weighted by Gasteiger charge is 2.32. The Morgan fingerprint density at radius 2 is 1.82 bits per heavy atom. The molecule has 0 heterocycles. The maximum absolute atomic E-state index is 12.1. The molecular weight excluding hydrogens is 238 g/mol. The molecule has 0 aliphatic rings. The van der Waals surface area contributed by atoms with Crippen LogP contribution in [0.1, 0.15) is 20.3 Å². The van der Waals surface area contributed by atoms with Crippen LogP contribution in [0.2, 0.25) is 0 Å². The number of nitrogens with two attached hydrogens (primary N) is 1. The van der Waals surface area contributed by atoms with Gasteiger partial charge in [-0.1, -0.05) is 38.5 Å². The van der Waals surface area contributed by atoms with Crippen molar-refractivity contribution < 1.29 is 13.5 Å². The summed E-state index contributed by atoms with van der Waals surface area (Å²) in [5.74, 6) is -0.0523. The number of sulfone groups is 1. The Morgan fingerprint density at radius 1 is 1.29 bits per heavy atom. The first kappa shape index (κ1) is 14.2. The molecule has 5 heteroatoms. The van der Waals surface area contributed by atoms with Crippen LogP contribution in [-0.2, 0) is 9.84 Å². The van der Waals surface area contributed by atoms with Crippen molar-refractivity contribution in [1.82, 2.24) is 0 Å². The summed E-state index contributed by atoms with van der Waals surface area (Å²) in [4.78, 5) is 0.103. The minimum absolute atomic E-state index is 0.0523. The van der Waals surface area contributed by atoms with Gasteiger partial charge < -0.3 is 10.8 Å². The summed E-state index contributed by atoms with van der Waals surface area (Å²) < 4.78 is 24.1. The average molecular weight is 257 g/mol. The van der Waals surface area contributed by atoms with Crippen LogP contribution in [0, 0.1) is 5.92 Å². The Labute approximate surface area is 102 Å². The fourth-order valence-corrected chi connectivity index (χ4v) is 3.01. The molecule has 0 fully saturated rings. The molecule has 3 atom stereocenters. The number of rotatable bonds is 5. The molecule has 0 saturated heterocycles. The van der Waals surface area contributed by atoms with Gasteiger partial charge in [0.25, 0.3) is 0 Å². The second-order valence-corrected chi connectivity index (χ2v) is 6.26. The summed E-state index contributed by atoms with van der Waals surface area (Å²) in [7, 11) is -3.76. The number of aliphatic hydroxyl groups excluding tert-OH is 1. The molecule has 96 valence electrons. The summed E-state index contributed by atoms with van der Waals surface area (Å²) in [5.41, 5.74) is 4.21. The maximum Gasteiger partial charge on any atom is 0.206 e. The first-order chi connectivity index (χ1) is 7.91. The van der Waals surface area contributed by atoms with Gasteiger partial charge in [0.2, 0.25) is 9.84 Å². The van der Waals surface area contributed by atoms with E-state index < -0.39 is 21.3 Å². The normalized spacial score (nSPS) is 17.4. The SMILES string of the molecule is CC[C@H](C)[C@H](N)C(O)S(=O)(=O)c1ccccc1. The number of aliphatic hydroxyl groups is 1. The van der Waals surface area contributed by atoms with E-state index in [1.54, 1.807) is 18.2 Å². The summed E-state index contributed by atoms with van der Waals surface area (Å²) in [6.07, 6.45) is 0.725. The number of hydrogen-bond donors (Lipinski definition) is 2. The summed E-state index contributed by atoms with van der Waals surface area (Å²) in [6.45, 7) is 3.74. The minimum atomic E-state index is -3.76.